The molecule has 0 aromatic rings. The van der Waals surface area contributed by atoms with Crippen LogP contribution >= 0.6 is 0 Å². The van der Waals surface area contributed by atoms with Crippen molar-refractivity contribution in [3.63, 3.8) is 0 Å². The summed E-state index contributed by atoms with van der Waals surface area (Å²) in [4.78, 5) is 0. The van der Waals surface area contributed by atoms with E-state index in [0.29, 0.717) is 12.0 Å². The van der Waals surface area contributed by atoms with Crippen molar-refractivity contribution in [1.82, 2.24) is 5.32 Å². The molecule has 1 heterocycles. The molecular formula is C19H27N. The van der Waals surface area contributed by atoms with E-state index in [0.717, 1.165) is 6.54 Å². The van der Waals surface area contributed by atoms with E-state index in [4.69, 9.17) is 0 Å². The summed E-state index contributed by atoms with van der Waals surface area (Å²) in [5.41, 5.74) is 1.32. The second kappa shape index (κ2) is 10.2. The average molecular weight is 269 g/mol. The zero-order valence-electron chi connectivity index (χ0n) is 12.8. The molecular weight excluding hydrogens is 242 g/mol. The zero-order valence-corrected chi connectivity index (χ0v) is 12.8. The fourth-order valence-corrected chi connectivity index (χ4v) is 2.53. The molecule has 0 bridgehead atoms. The molecule has 0 spiro atoms. The van der Waals surface area contributed by atoms with Crippen molar-refractivity contribution in [2.75, 3.05) is 6.54 Å². The Labute approximate surface area is 124 Å². The normalized spacial score (nSPS) is 22.7. The summed E-state index contributed by atoms with van der Waals surface area (Å²) in [6, 6.07) is 0.531. The first-order valence-electron chi connectivity index (χ1n) is 7.48. The highest BCUT2D eigenvalue weighted by Crippen LogP contribution is 2.25. The standard InChI is InChI=1S/C19H27N/c1-4-7-8-9-10-14-18(19-15-11-16-20-19)17(12-5-2)13-6-3/h4-10,12-14,18-20H,2,11,15-16H2,1,3H3/b7-4-,9-8-,13-6-,14-10+,17-12+. The van der Waals surface area contributed by atoms with E-state index in [1.54, 1.807) is 0 Å². The van der Waals surface area contributed by atoms with Gasteiger partial charge in [-0.3, -0.25) is 0 Å². The highest BCUT2D eigenvalue weighted by atomic mass is 14.9. The van der Waals surface area contributed by atoms with Crippen LogP contribution in [0.3, 0.4) is 0 Å². The Kier molecular flexibility index (Phi) is 8.41. The minimum absolute atomic E-state index is 0.405. The minimum Gasteiger partial charge on any atom is -0.313 e. The Morgan fingerprint density at radius 2 is 1.95 bits per heavy atom. The van der Waals surface area contributed by atoms with Gasteiger partial charge in [-0.05, 0) is 38.8 Å². The second-order valence-corrected chi connectivity index (χ2v) is 4.93. The summed E-state index contributed by atoms with van der Waals surface area (Å²) in [5, 5.41) is 3.61. The predicted octanol–water partition coefficient (Wildman–Crippen LogP) is 4.73. The molecule has 1 nitrogen and oxygen atoms in total. The van der Waals surface area contributed by atoms with Gasteiger partial charge in [0.25, 0.3) is 0 Å². The molecule has 20 heavy (non-hydrogen) atoms. The molecule has 2 unspecified atom stereocenters. The third kappa shape index (κ3) is 5.58. The monoisotopic (exact) mass is 269 g/mol. The molecule has 1 saturated heterocycles. The highest BCUT2D eigenvalue weighted by molar-refractivity contribution is 5.31. The van der Waals surface area contributed by atoms with Crippen LogP contribution in [0, 0.1) is 5.92 Å². The Morgan fingerprint density at radius 1 is 1.15 bits per heavy atom. The van der Waals surface area contributed by atoms with Crippen LogP contribution in [-0.2, 0) is 0 Å². The van der Waals surface area contributed by atoms with E-state index in [1.807, 2.05) is 25.2 Å². The van der Waals surface area contributed by atoms with Crippen LogP contribution in [0.1, 0.15) is 26.7 Å². The highest BCUT2D eigenvalue weighted by Gasteiger charge is 2.23. The van der Waals surface area contributed by atoms with Gasteiger partial charge in [0, 0.05) is 12.0 Å². The number of nitrogens with one attached hydrogen (secondary N) is 1. The summed E-state index contributed by atoms with van der Waals surface area (Å²) in [7, 11) is 0. The van der Waals surface area contributed by atoms with Gasteiger partial charge in [0.05, 0.1) is 0 Å². The van der Waals surface area contributed by atoms with E-state index >= 15 is 0 Å². The van der Waals surface area contributed by atoms with Crippen molar-refractivity contribution in [2.45, 2.75) is 32.7 Å². The lowest BCUT2D eigenvalue weighted by Crippen LogP contribution is -2.30. The Bertz CT molecular complexity index is 415. The molecule has 0 aromatic carbocycles. The van der Waals surface area contributed by atoms with Crippen LogP contribution in [0.15, 0.2) is 72.9 Å². The van der Waals surface area contributed by atoms with Crippen LogP contribution in [0.4, 0.5) is 0 Å². The molecule has 0 aliphatic carbocycles. The fraction of sp³-hybridized carbons (Fsp3) is 0.368. The topological polar surface area (TPSA) is 12.0 Å². The predicted molar refractivity (Wildman–Crippen MR) is 90.7 cm³/mol. The molecule has 0 amide bonds. The van der Waals surface area contributed by atoms with Gasteiger partial charge in [-0.15, -0.1) is 0 Å². The molecule has 0 saturated carbocycles. The molecule has 1 rings (SSSR count). The number of rotatable bonds is 7. The maximum Gasteiger partial charge on any atom is 0.0175 e. The summed E-state index contributed by atoms with van der Waals surface area (Å²) < 4.78 is 0. The maximum atomic E-state index is 3.83. The number of hydrogen-bond acceptors (Lipinski definition) is 1. The smallest absolute Gasteiger partial charge is 0.0175 e. The van der Waals surface area contributed by atoms with Gasteiger partial charge in [-0.2, -0.15) is 0 Å². The molecule has 1 fully saturated rings. The summed E-state index contributed by atoms with van der Waals surface area (Å²) >= 11 is 0. The molecule has 108 valence electrons. The molecule has 0 aromatic heterocycles. The Morgan fingerprint density at radius 3 is 2.55 bits per heavy atom. The summed E-state index contributed by atoms with van der Waals surface area (Å²) in [5.74, 6) is 0.405. The van der Waals surface area contributed by atoms with Crippen molar-refractivity contribution in [2.24, 2.45) is 5.92 Å². The van der Waals surface area contributed by atoms with Crippen molar-refractivity contribution in [1.29, 1.82) is 0 Å². The van der Waals surface area contributed by atoms with Gasteiger partial charge < -0.3 is 5.32 Å². The third-order valence-corrected chi connectivity index (χ3v) is 3.43. The maximum absolute atomic E-state index is 3.83. The largest absolute Gasteiger partial charge is 0.313 e. The van der Waals surface area contributed by atoms with Gasteiger partial charge in [0.1, 0.15) is 0 Å². The van der Waals surface area contributed by atoms with Crippen molar-refractivity contribution in [3.8, 4) is 0 Å². The van der Waals surface area contributed by atoms with Crippen LogP contribution in [0.25, 0.3) is 0 Å². The van der Waals surface area contributed by atoms with Crippen LogP contribution in [0.5, 0.6) is 0 Å². The van der Waals surface area contributed by atoms with Crippen molar-refractivity contribution in [3.05, 3.63) is 72.9 Å². The first kappa shape index (κ1) is 16.5. The molecule has 1 aliphatic rings. The first-order valence-corrected chi connectivity index (χ1v) is 7.48. The molecule has 1 N–H and O–H groups in total. The second-order valence-electron chi connectivity index (χ2n) is 4.93. The fourth-order valence-electron chi connectivity index (χ4n) is 2.53. The SMILES string of the molecule is C=C/C=C(\C=C/C)C(/C=C/C=C\C=C/C)C1CCCN1. The van der Waals surface area contributed by atoms with E-state index in [1.165, 1.54) is 18.4 Å². The van der Waals surface area contributed by atoms with E-state index in [2.05, 4.69) is 61.4 Å². The van der Waals surface area contributed by atoms with Crippen LogP contribution in [0.2, 0.25) is 0 Å². The Balaban J connectivity index is 2.88. The molecule has 1 heteroatoms. The van der Waals surface area contributed by atoms with Gasteiger partial charge in [-0.1, -0.05) is 67.3 Å². The van der Waals surface area contributed by atoms with Gasteiger partial charge in [0.15, 0.2) is 0 Å². The van der Waals surface area contributed by atoms with Crippen molar-refractivity contribution >= 4 is 0 Å². The summed E-state index contributed by atoms with van der Waals surface area (Å²) in [6.07, 6.45) is 23.4. The van der Waals surface area contributed by atoms with Crippen molar-refractivity contribution < 1.29 is 0 Å². The van der Waals surface area contributed by atoms with Gasteiger partial charge >= 0.3 is 0 Å². The quantitative estimate of drug-likeness (QED) is 0.659. The number of hydrogen-bond donors (Lipinski definition) is 1. The lowest BCUT2D eigenvalue weighted by molar-refractivity contribution is 0.516. The van der Waals surface area contributed by atoms with Crippen LogP contribution in [-0.4, -0.2) is 12.6 Å². The van der Waals surface area contributed by atoms with E-state index in [-0.39, 0.29) is 0 Å². The lowest BCUT2D eigenvalue weighted by Gasteiger charge is -2.22. The third-order valence-electron chi connectivity index (χ3n) is 3.43. The van der Waals surface area contributed by atoms with Gasteiger partial charge in [0.2, 0.25) is 0 Å². The molecule has 0 radical (unpaired) electrons. The minimum atomic E-state index is 0.405. The average Bonchev–Trinajstić information content (AvgIpc) is 2.97. The molecule has 1 aliphatic heterocycles. The molecule has 2 atom stereocenters. The number of allylic oxidation sites excluding steroid dienone is 9. The lowest BCUT2D eigenvalue weighted by atomic mass is 9.89. The summed E-state index contributed by atoms with van der Waals surface area (Å²) in [6.45, 7) is 9.05. The van der Waals surface area contributed by atoms with Crippen LogP contribution < -0.4 is 5.32 Å². The van der Waals surface area contributed by atoms with E-state index < -0.39 is 0 Å². The zero-order chi connectivity index (χ0) is 14.6. The van der Waals surface area contributed by atoms with Gasteiger partial charge in [-0.25, -0.2) is 0 Å². The van der Waals surface area contributed by atoms with E-state index in [9.17, 15) is 0 Å². The first-order chi connectivity index (χ1) is 9.83. The Hall–Kier alpha value is -1.60.